The predicted octanol–water partition coefficient (Wildman–Crippen LogP) is 1.57. The van der Waals surface area contributed by atoms with Crippen molar-refractivity contribution in [3.05, 3.63) is 34.2 Å². The van der Waals surface area contributed by atoms with Gasteiger partial charge in [0, 0.05) is 6.20 Å². The molecule has 0 spiro atoms. The van der Waals surface area contributed by atoms with Crippen molar-refractivity contribution in [2.24, 2.45) is 5.92 Å². The number of pyridine rings is 1. The van der Waals surface area contributed by atoms with E-state index in [0.29, 0.717) is 17.1 Å². The highest BCUT2D eigenvalue weighted by atomic mass is 19.4. The number of nitrogens with one attached hydrogen (secondary N) is 1. The Morgan fingerprint density at radius 3 is 2.46 bits per heavy atom. The molecule has 0 aliphatic heterocycles. The number of carbonyl (C=O) groups excluding carboxylic acids is 2. The largest absolute Gasteiger partial charge is 0.467 e. The van der Waals surface area contributed by atoms with Gasteiger partial charge in [-0.1, -0.05) is 13.8 Å². The molecule has 0 saturated carbocycles. The van der Waals surface area contributed by atoms with E-state index in [4.69, 9.17) is 0 Å². The summed E-state index contributed by atoms with van der Waals surface area (Å²) in [5.74, 6) is -1.34. The summed E-state index contributed by atoms with van der Waals surface area (Å²) in [7, 11) is 1.17. The number of halogens is 3. The quantitative estimate of drug-likeness (QED) is 0.792. The monoisotopic (exact) mass is 348 g/mol. The van der Waals surface area contributed by atoms with Gasteiger partial charge in [0.2, 0.25) is 5.91 Å². The lowest BCUT2D eigenvalue weighted by atomic mass is 10.0. The van der Waals surface area contributed by atoms with Crippen molar-refractivity contribution in [2.75, 3.05) is 7.11 Å². The molecule has 0 radical (unpaired) electrons. The van der Waals surface area contributed by atoms with E-state index < -0.39 is 41.8 Å². The molecule has 0 bridgehead atoms. The van der Waals surface area contributed by atoms with Gasteiger partial charge in [0.15, 0.2) is 0 Å². The van der Waals surface area contributed by atoms with Gasteiger partial charge >= 0.3 is 12.1 Å². The van der Waals surface area contributed by atoms with Crippen molar-refractivity contribution in [2.45, 2.75) is 39.0 Å². The van der Waals surface area contributed by atoms with Crippen LogP contribution in [0.15, 0.2) is 23.1 Å². The van der Waals surface area contributed by atoms with Crippen LogP contribution in [0.25, 0.3) is 0 Å². The Morgan fingerprint density at radius 2 is 1.96 bits per heavy atom. The molecule has 1 aromatic heterocycles. The molecule has 0 aromatic carbocycles. The van der Waals surface area contributed by atoms with Crippen LogP contribution in [0.1, 0.15) is 25.8 Å². The highest BCUT2D eigenvalue weighted by Crippen LogP contribution is 2.25. The molecule has 0 aliphatic carbocycles. The third-order valence-electron chi connectivity index (χ3n) is 3.17. The van der Waals surface area contributed by atoms with E-state index in [2.05, 4.69) is 10.1 Å². The Balaban J connectivity index is 2.91. The Hall–Kier alpha value is -2.32. The summed E-state index contributed by atoms with van der Waals surface area (Å²) >= 11 is 0. The van der Waals surface area contributed by atoms with Crippen LogP contribution in [-0.4, -0.2) is 29.6 Å². The van der Waals surface area contributed by atoms with Gasteiger partial charge in [-0.15, -0.1) is 0 Å². The molecule has 9 heteroatoms. The van der Waals surface area contributed by atoms with Gasteiger partial charge < -0.3 is 14.6 Å². The number of amides is 1. The van der Waals surface area contributed by atoms with Crippen molar-refractivity contribution in [1.82, 2.24) is 9.88 Å². The van der Waals surface area contributed by atoms with Crippen LogP contribution in [0.4, 0.5) is 13.2 Å². The second-order valence-electron chi connectivity index (χ2n) is 5.63. The predicted molar refractivity (Wildman–Crippen MR) is 79.1 cm³/mol. The molecule has 1 amide bonds. The van der Waals surface area contributed by atoms with Crippen LogP contribution in [0.5, 0.6) is 0 Å². The number of nitrogens with zero attached hydrogens (tertiary/aromatic N) is 1. The number of aromatic nitrogens is 1. The average Bonchev–Trinajstić information content (AvgIpc) is 2.46. The van der Waals surface area contributed by atoms with E-state index in [1.807, 2.05) is 13.8 Å². The number of hydrogen-bond acceptors (Lipinski definition) is 4. The molecule has 6 nitrogen and oxygen atoms in total. The summed E-state index contributed by atoms with van der Waals surface area (Å²) in [5, 5.41) is 2.38. The molecular weight excluding hydrogens is 329 g/mol. The van der Waals surface area contributed by atoms with Gasteiger partial charge in [0.05, 0.1) is 7.11 Å². The average molecular weight is 348 g/mol. The molecule has 134 valence electrons. The fourth-order valence-electron chi connectivity index (χ4n) is 2.10. The highest BCUT2D eigenvalue weighted by Gasteiger charge is 2.34. The number of rotatable bonds is 6. The van der Waals surface area contributed by atoms with Crippen LogP contribution in [0.3, 0.4) is 0 Å². The fourth-order valence-corrected chi connectivity index (χ4v) is 2.10. The maximum atomic E-state index is 12.7. The molecular formula is C15H19F3N2O4. The van der Waals surface area contributed by atoms with Crippen molar-refractivity contribution >= 4 is 11.9 Å². The maximum Gasteiger partial charge on any atom is 0.421 e. The molecule has 0 aliphatic rings. The Kier molecular flexibility index (Phi) is 6.56. The fraction of sp³-hybridized carbons (Fsp3) is 0.533. The Morgan fingerprint density at radius 1 is 1.33 bits per heavy atom. The molecule has 1 rings (SSSR count). The first-order valence-corrected chi connectivity index (χ1v) is 7.20. The van der Waals surface area contributed by atoms with Crippen molar-refractivity contribution in [3.8, 4) is 0 Å². The van der Waals surface area contributed by atoms with Crippen LogP contribution in [0, 0.1) is 5.92 Å². The third-order valence-corrected chi connectivity index (χ3v) is 3.17. The second-order valence-corrected chi connectivity index (χ2v) is 5.63. The molecule has 1 aromatic rings. The van der Waals surface area contributed by atoms with E-state index in [1.54, 1.807) is 0 Å². The number of hydrogen-bond donors (Lipinski definition) is 1. The van der Waals surface area contributed by atoms with Gasteiger partial charge in [-0.3, -0.25) is 9.59 Å². The highest BCUT2D eigenvalue weighted by molar-refractivity contribution is 5.84. The number of carbonyl (C=O) groups is 2. The molecule has 1 atom stereocenters. The first kappa shape index (κ1) is 19.7. The zero-order valence-corrected chi connectivity index (χ0v) is 13.5. The van der Waals surface area contributed by atoms with Crippen LogP contribution < -0.4 is 10.9 Å². The summed E-state index contributed by atoms with van der Waals surface area (Å²) in [6.07, 6.45) is -3.43. The van der Waals surface area contributed by atoms with E-state index in [0.717, 1.165) is 12.3 Å². The lowest BCUT2D eigenvalue weighted by Crippen LogP contribution is -2.44. The van der Waals surface area contributed by atoms with E-state index >= 15 is 0 Å². The third kappa shape index (κ3) is 5.39. The van der Waals surface area contributed by atoms with Crippen LogP contribution >= 0.6 is 0 Å². The smallest absolute Gasteiger partial charge is 0.421 e. The summed E-state index contributed by atoms with van der Waals surface area (Å²) in [5.41, 5.74) is -2.68. The topological polar surface area (TPSA) is 77.4 Å². The van der Waals surface area contributed by atoms with Gasteiger partial charge in [-0.2, -0.15) is 13.2 Å². The summed E-state index contributed by atoms with van der Waals surface area (Å²) in [6.45, 7) is 3.03. The van der Waals surface area contributed by atoms with Gasteiger partial charge in [0.1, 0.15) is 18.2 Å². The van der Waals surface area contributed by atoms with Gasteiger partial charge in [-0.05, 0) is 24.5 Å². The lowest BCUT2D eigenvalue weighted by Gasteiger charge is -2.18. The normalized spacial score (nSPS) is 12.8. The molecule has 0 saturated heterocycles. The minimum absolute atomic E-state index is 0.0747. The Bertz CT molecular complexity index is 653. The van der Waals surface area contributed by atoms with Crippen molar-refractivity contribution in [1.29, 1.82) is 0 Å². The molecule has 1 heterocycles. The zero-order chi connectivity index (χ0) is 18.5. The van der Waals surface area contributed by atoms with Crippen molar-refractivity contribution < 1.29 is 27.5 Å². The SMILES string of the molecule is COC(=O)C(CC(C)C)NC(=O)Cn1cccc(C(F)(F)F)c1=O. The summed E-state index contributed by atoms with van der Waals surface area (Å²) < 4.78 is 43.3. The molecule has 0 fully saturated rings. The minimum Gasteiger partial charge on any atom is -0.467 e. The van der Waals surface area contributed by atoms with Gasteiger partial charge in [-0.25, -0.2) is 4.79 Å². The number of ether oxygens (including phenoxy) is 1. The van der Waals surface area contributed by atoms with E-state index in [9.17, 15) is 27.6 Å². The standard InChI is InChI=1S/C15H19F3N2O4/c1-9(2)7-11(14(23)24-3)19-12(21)8-20-6-4-5-10(13(20)22)15(16,17)18/h4-6,9,11H,7-8H2,1-3H3,(H,19,21). The lowest BCUT2D eigenvalue weighted by molar-refractivity contribution is -0.145. The van der Waals surface area contributed by atoms with Gasteiger partial charge in [0.25, 0.3) is 5.56 Å². The van der Waals surface area contributed by atoms with Crippen LogP contribution in [-0.2, 0) is 27.0 Å². The number of alkyl halides is 3. The number of esters is 1. The second kappa shape index (κ2) is 7.98. The Labute approximate surface area is 136 Å². The number of methoxy groups -OCH3 is 1. The summed E-state index contributed by atoms with van der Waals surface area (Å²) in [6, 6.07) is 0.750. The summed E-state index contributed by atoms with van der Waals surface area (Å²) in [4.78, 5) is 35.4. The molecule has 24 heavy (non-hydrogen) atoms. The molecule has 1 N–H and O–H groups in total. The minimum atomic E-state index is -4.80. The molecule has 1 unspecified atom stereocenters. The van der Waals surface area contributed by atoms with E-state index in [-0.39, 0.29) is 5.92 Å². The maximum absolute atomic E-state index is 12.7. The first-order chi connectivity index (χ1) is 11.1. The first-order valence-electron chi connectivity index (χ1n) is 7.20. The van der Waals surface area contributed by atoms with E-state index in [1.165, 1.54) is 7.11 Å². The zero-order valence-electron chi connectivity index (χ0n) is 13.5. The van der Waals surface area contributed by atoms with Crippen molar-refractivity contribution in [3.63, 3.8) is 0 Å². The van der Waals surface area contributed by atoms with Crippen LogP contribution in [0.2, 0.25) is 0 Å².